The molecule has 0 aromatic rings. The Bertz CT molecular complexity index is 398. The Morgan fingerprint density at radius 1 is 1.26 bits per heavy atom. The fourth-order valence-corrected chi connectivity index (χ4v) is 1.47. The molecule has 1 unspecified atom stereocenters. The van der Waals surface area contributed by atoms with Crippen LogP contribution in [0.1, 0.15) is 40.5 Å². The van der Waals surface area contributed by atoms with E-state index in [4.69, 9.17) is 11.2 Å². The molecule has 1 nitrogen and oxygen atoms in total. The van der Waals surface area contributed by atoms with Crippen LogP contribution in [0.5, 0.6) is 0 Å². The molecule has 0 aliphatic rings. The van der Waals surface area contributed by atoms with Crippen molar-refractivity contribution in [2.24, 2.45) is 0 Å². The highest BCUT2D eigenvalue weighted by Crippen LogP contribution is 2.07. The van der Waals surface area contributed by atoms with E-state index in [1.807, 2.05) is 13.0 Å². The average molecular weight is 258 g/mol. The Hall–Kier alpha value is -1.52. The van der Waals surface area contributed by atoms with Crippen LogP contribution in [0.25, 0.3) is 0 Å². The summed E-state index contributed by atoms with van der Waals surface area (Å²) >= 11 is 0. The van der Waals surface area contributed by atoms with E-state index in [9.17, 15) is 0 Å². The molecule has 0 aliphatic carbocycles. The molecule has 0 fully saturated rings. The van der Waals surface area contributed by atoms with E-state index in [1.165, 1.54) is 11.1 Å². The predicted octanol–water partition coefficient (Wildman–Crippen LogP) is 4.83. The van der Waals surface area contributed by atoms with E-state index in [2.05, 4.69) is 45.4 Å². The molecule has 0 saturated carbocycles. The molecule has 1 atom stereocenters. The lowest BCUT2D eigenvalue weighted by molar-refractivity contribution is 0.142. The number of hydrogen-bond acceptors (Lipinski definition) is 1. The first kappa shape index (κ1) is 17.5. The maximum absolute atomic E-state index is 5.68. The number of ether oxygens (including phenoxy) is 1. The first-order chi connectivity index (χ1) is 8.99. The van der Waals surface area contributed by atoms with Gasteiger partial charge in [0, 0.05) is 0 Å². The highest BCUT2D eigenvalue weighted by Gasteiger charge is 1.99. The lowest BCUT2D eigenvalue weighted by Crippen LogP contribution is -2.07. The van der Waals surface area contributed by atoms with Crippen LogP contribution in [0.4, 0.5) is 0 Å². The lowest BCUT2D eigenvalue weighted by atomic mass is 10.1. The topological polar surface area (TPSA) is 9.23 Å². The van der Waals surface area contributed by atoms with E-state index in [-0.39, 0.29) is 6.10 Å². The molecule has 0 N–H and O–H groups in total. The molecule has 0 aromatic carbocycles. The summed E-state index contributed by atoms with van der Waals surface area (Å²) in [6.07, 6.45) is 15.4. The minimum absolute atomic E-state index is 0.113. The van der Waals surface area contributed by atoms with Crippen molar-refractivity contribution < 1.29 is 4.74 Å². The second-order valence-corrected chi connectivity index (χ2v) is 4.90. The van der Waals surface area contributed by atoms with Gasteiger partial charge in [0.1, 0.15) is 0 Å². The van der Waals surface area contributed by atoms with Crippen molar-refractivity contribution in [3.8, 4) is 12.3 Å². The summed E-state index contributed by atoms with van der Waals surface area (Å²) in [5.74, 6) is 2.58. The van der Waals surface area contributed by atoms with E-state index in [0.29, 0.717) is 6.61 Å². The molecular weight excluding hydrogens is 232 g/mol. The van der Waals surface area contributed by atoms with Crippen LogP contribution in [-0.4, -0.2) is 12.7 Å². The second kappa shape index (κ2) is 10.4. The minimum atomic E-state index is -0.113. The summed E-state index contributed by atoms with van der Waals surface area (Å²) in [6, 6.07) is 0. The van der Waals surface area contributed by atoms with Gasteiger partial charge in [-0.1, -0.05) is 35.3 Å². The number of terminal acetylenes is 1. The molecule has 104 valence electrons. The third kappa shape index (κ3) is 10.1. The molecule has 0 amide bonds. The van der Waals surface area contributed by atoms with Crippen molar-refractivity contribution in [3.63, 3.8) is 0 Å². The molecule has 0 aromatic heterocycles. The zero-order chi connectivity index (χ0) is 14.7. The molecule has 0 bridgehead atoms. The molecule has 0 aliphatic heterocycles. The van der Waals surface area contributed by atoms with Gasteiger partial charge in [0.15, 0.2) is 0 Å². The number of allylic oxidation sites excluding steroid dienone is 4. The minimum Gasteiger partial charge on any atom is -0.366 e. The van der Waals surface area contributed by atoms with Crippen LogP contribution in [-0.2, 0) is 4.74 Å². The first-order valence-corrected chi connectivity index (χ1v) is 6.67. The van der Waals surface area contributed by atoms with E-state index < -0.39 is 0 Å². The van der Waals surface area contributed by atoms with Gasteiger partial charge in [-0.3, -0.25) is 0 Å². The number of rotatable bonds is 8. The van der Waals surface area contributed by atoms with Gasteiger partial charge < -0.3 is 4.74 Å². The summed E-state index contributed by atoms with van der Waals surface area (Å²) in [7, 11) is 0. The SMILES string of the molecule is C#C/C(C)=C\C(C=C)OC/C=C(\C)CCC=C(C)C. The zero-order valence-corrected chi connectivity index (χ0v) is 12.7. The van der Waals surface area contributed by atoms with Gasteiger partial charge >= 0.3 is 0 Å². The standard InChI is InChI=1S/C18H26O/c1-7-16(5)14-18(8-2)19-13-12-17(6)11-9-10-15(3)4/h1,8,10,12,14,18H,2,9,11,13H2,3-6H3/b16-14-,17-12+. The Morgan fingerprint density at radius 2 is 1.95 bits per heavy atom. The van der Waals surface area contributed by atoms with Crippen molar-refractivity contribution in [1.29, 1.82) is 0 Å². The van der Waals surface area contributed by atoms with Crippen molar-refractivity contribution in [2.75, 3.05) is 6.61 Å². The second-order valence-electron chi connectivity index (χ2n) is 4.90. The third-order valence-corrected chi connectivity index (χ3v) is 2.69. The first-order valence-electron chi connectivity index (χ1n) is 6.67. The van der Waals surface area contributed by atoms with Crippen LogP contribution in [0, 0.1) is 12.3 Å². The van der Waals surface area contributed by atoms with Crippen LogP contribution < -0.4 is 0 Å². The largest absolute Gasteiger partial charge is 0.366 e. The van der Waals surface area contributed by atoms with Crippen molar-refractivity contribution >= 4 is 0 Å². The van der Waals surface area contributed by atoms with Crippen LogP contribution in [0.15, 0.2) is 47.6 Å². The van der Waals surface area contributed by atoms with Crippen LogP contribution in [0.2, 0.25) is 0 Å². The fourth-order valence-electron chi connectivity index (χ4n) is 1.47. The Labute approximate surface area is 118 Å². The summed E-state index contributed by atoms with van der Waals surface area (Å²) in [5, 5.41) is 0. The summed E-state index contributed by atoms with van der Waals surface area (Å²) < 4.78 is 5.68. The van der Waals surface area contributed by atoms with Crippen LogP contribution >= 0.6 is 0 Å². The molecular formula is C18H26O. The maximum atomic E-state index is 5.68. The summed E-state index contributed by atoms with van der Waals surface area (Å²) in [5.41, 5.74) is 3.58. The number of hydrogen-bond donors (Lipinski definition) is 0. The molecule has 0 heterocycles. The van der Waals surface area contributed by atoms with E-state index in [1.54, 1.807) is 6.08 Å². The van der Waals surface area contributed by atoms with Gasteiger partial charge in [-0.15, -0.1) is 13.0 Å². The quantitative estimate of drug-likeness (QED) is 0.447. The van der Waals surface area contributed by atoms with Crippen molar-refractivity contribution in [3.05, 3.63) is 47.6 Å². The van der Waals surface area contributed by atoms with Gasteiger partial charge in [-0.25, -0.2) is 0 Å². The van der Waals surface area contributed by atoms with Gasteiger partial charge in [-0.05, 0) is 52.2 Å². The highest BCUT2D eigenvalue weighted by atomic mass is 16.5. The monoisotopic (exact) mass is 258 g/mol. The lowest BCUT2D eigenvalue weighted by Gasteiger charge is -2.08. The third-order valence-electron chi connectivity index (χ3n) is 2.69. The molecule has 19 heavy (non-hydrogen) atoms. The van der Waals surface area contributed by atoms with Crippen LogP contribution in [0.3, 0.4) is 0 Å². The molecule has 1 heteroatoms. The summed E-state index contributed by atoms with van der Waals surface area (Å²) in [4.78, 5) is 0. The molecule has 0 saturated heterocycles. The van der Waals surface area contributed by atoms with Crippen molar-refractivity contribution in [1.82, 2.24) is 0 Å². The molecule has 0 radical (unpaired) electrons. The maximum Gasteiger partial charge on any atom is 0.0950 e. The predicted molar refractivity (Wildman–Crippen MR) is 84.9 cm³/mol. The normalized spacial score (nSPS) is 13.6. The Balaban J connectivity index is 4.15. The highest BCUT2D eigenvalue weighted by molar-refractivity contribution is 5.25. The van der Waals surface area contributed by atoms with Gasteiger partial charge in [-0.2, -0.15) is 0 Å². The van der Waals surface area contributed by atoms with Gasteiger partial charge in [0.2, 0.25) is 0 Å². The summed E-state index contributed by atoms with van der Waals surface area (Å²) in [6.45, 7) is 12.6. The van der Waals surface area contributed by atoms with E-state index >= 15 is 0 Å². The zero-order valence-electron chi connectivity index (χ0n) is 12.7. The van der Waals surface area contributed by atoms with E-state index in [0.717, 1.165) is 18.4 Å². The Morgan fingerprint density at radius 3 is 2.47 bits per heavy atom. The van der Waals surface area contributed by atoms with Gasteiger partial charge in [0.25, 0.3) is 0 Å². The van der Waals surface area contributed by atoms with Crippen molar-refractivity contribution in [2.45, 2.75) is 46.6 Å². The average Bonchev–Trinajstić information content (AvgIpc) is 2.36. The Kier molecular flexibility index (Phi) is 9.57. The molecule has 0 spiro atoms. The molecule has 0 rings (SSSR count). The van der Waals surface area contributed by atoms with Gasteiger partial charge in [0.05, 0.1) is 12.7 Å². The smallest absolute Gasteiger partial charge is 0.0950 e. The fraction of sp³-hybridized carbons (Fsp3) is 0.444.